The molecule has 2 aromatic rings. The number of carbonyl (C=O) groups excluding carboxylic acids is 1. The van der Waals surface area contributed by atoms with Gasteiger partial charge in [-0.2, -0.15) is 5.26 Å². The Hall–Kier alpha value is -2.69. The van der Waals surface area contributed by atoms with Crippen LogP contribution in [-0.2, 0) is 16.4 Å². The topological polar surface area (TPSA) is 113 Å². The van der Waals surface area contributed by atoms with E-state index in [0.29, 0.717) is 11.3 Å². The van der Waals surface area contributed by atoms with Gasteiger partial charge in [-0.25, -0.2) is 13.6 Å². The Morgan fingerprint density at radius 2 is 1.68 bits per heavy atom. The first-order chi connectivity index (χ1) is 10.4. The smallest absolute Gasteiger partial charge is 0.255 e. The molecule has 0 saturated carbocycles. The number of primary sulfonamides is 1. The largest absolute Gasteiger partial charge is 0.322 e. The molecule has 0 heterocycles. The van der Waals surface area contributed by atoms with Gasteiger partial charge < -0.3 is 5.32 Å². The lowest BCUT2D eigenvalue weighted by Gasteiger charge is -2.06. The zero-order chi connectivity index (χ0) is 16.2. The molecule has 0 aromatic heterocycles. The lowest BCUT2D eigenvalue weighted by atomic mass is 10.1. The van der Waals surface area contributed by atoms with E-state index < -0.39 is 10.0 Å². The van der Waals surface area contributed by atoms with E-state index in [1.165, 1.54) is 24.3 Å². The van der Waals surface area contributed by atoms with Crippen molar-refractivity contribution in [2.24, 2.45) is 5.14 Å². The van der Waals surface area contributed by atoms with Crippen LogP contribution in [0.25, 0.3) is 0 Å². The first kappa shape index (κ1) is 15.7. The number of carbonyl (C=O) groups is 1. The number of nitrogens with two attached hydrogens (primary N) is 1. The molecule has 22 heavy (non-hydrogen) atoms. The van der Waals surface area contributed by atoms with Crippen molar-refractivity contribution in [3.05, 3.63) is 59.7 Å². The number of nitrogens with zero attached hydrogens (tertiary/aromatic N) is 1. The summed E-state index contributed by atoms with van der Waals surface area (Å²) in [7, 11) is -3.75. The van der Waals surface area contributed by atoms with Gasteiger partial charge in [-0.05, 0) is 42.0 Å². The highest BCUT2D eigenvalue weighted by Gasteiger charge is 2.09. The maximum absolute atomic E-state index is 12.0. The Morgan fingerprint density at radius 1 is 1.09 bits per heavy atom. The highest BCUT2D eigenvalue weighted by atomic mass is 32.2. The Kier molecular flexibility index (Phi) is 4.56. The number of hydrogen-bond acceptors (Lipinski definition) is 4. The van der Waals surface area contributed by atoms with Gasteiger partial charge >= 0.3 is 0 Å². The second kappa shape index (κ2) is 6.39. The van der Waals surface area contributed by atoms with E-state index in [9.17, 15) is 13.2 Å². The molecule has 2 rings (SSSR count). The normalized spacial score (nSPS) is 10.7. The molecule has 6 nitrogen and oxygen atoms in total. The molecule has 0 unspecified atom stereocenters. The van der Waals surface area contributed by atoms with Crippen LogP contribution in [0.3, 0.4) is 0 Å². The molecule has 0 aliphatic carbocycles. The second-order valence-corrected chi connectivity index (χ2v) is 6.12. The fourth-order valence-corrected chi connectivity index (χ4v) is 2.31. The van der Waals surface area contributed by atoms with Crippen molar-refractivity contribution in [2.75, 3.05) is 5.32 Å². The second-order valence-electron chi connectivity index (χ2n) is 4.56. The molecule has 0 aliphatic heterocycles. The van der Waals surface area contributed by atoms with Crippen molar-refractivity contribution in [3.8, 4) is 6.07 Å². The third-order valence-corrected chi connectivity index (χ3v) is 3.87. The lowest BCUT2D eigenvalue weighted by Crippen LogP contribution is -2.13. The third-order valence-electron chi connectivity index (χ3n) is 2.94. The van der Waals surface area contributed by atoms with Gasteiger partial charge in [0.2, 0.25) is 10.0 Å². The molecule has 2 aromatic carbocycles. The van der Waals surface area contributed by atoms with Gasteiger partial charge in [0.05, 0.1) is 17.4 Å². The number of amides is 1. The summed E-state index contributed by atoms with van der Waals surface area (Å²) < 4.78 is 22.3. The van der Waals surface area contributed by atoms with E-state index >= 15 is 0 Å². The molecular weight excluding hydrogens is 302 g/mol. The molecule has 0 radical (unpaired) electrons. The molecule has 0 aliphatic rings. The molecule has 3 N–H and O–H groups in total. The summed E-state index contributed by atoms with van der Waals surface area (Å²) in [4.78, 5) is 12.0. The zero-order valence-electron chi connectivity index (χ0n) is 11.5. The van der Waals surface area contributed by atoms with Gasteiger partial charge in [0.1, 0.15) is 0 Å². The summed E-state index contributed by atoms with van der Waals surface area (Å²) in [6.07, 6.45) is 0.289. The fraction of sp³-hybridized carbons (Fsp3) is 0.0667. The van der Waals surface area contributed by atoms with Gasteiger partial charge in [-0.1, -0.05) is 12.1 Å². The Balaban J connectivity index is 2.10. The fourth-order valence-electron chi connectivity index (χ4n) is 1.80. The zero-order valence-corrected chi connectivity index (χ0v) is 12.3. The summed E-state index contributed by atoms with van der Waals surface area (Å²) in [5, 5.41) is 16.2. The van der Waals surface area contributed by atoms with Crippen LogP contribution >= 0.6 is 0 Å². The number of rotatable bonds is 4. The van der Waals surface area contributed by atoms with Crippen molar-refractivity contribution in [2.45, 2.75) is 11.3 Å². The van der Waals surface area contributed by atoms with Crippen molar-refractivity contribution < 1.29 is 13.2 Å². The van der Waals surface area contributed by atoms with Crippen molar-refractivity contribution in [3.63, 3.8) is 0 Å². The highest BCUT2D eigenvalue weighted by Crippen LogP contribution is 2.14. The van der Waals surface area contributed by atoms with Gasteiger partial charge in [0, 0.05) is 11.3 Å². The maximum Gasteiger partial charge on any atom is 0.255 e. The summed E-state index contributed by atoms with van der Waals surface area (Å²) >= 11 is 0. The quantitative estimate of drug-likeness (QED) is 0.893. The van der Waals surface area contributed by atoms with Gasteiger partial charge in [-0.3, -0.25) is 4.79 Å². The van der Waals surface area contributed by atoms with E-state index in [-0.39, 0.29) is 17.2 Å². The van der Waals surface area contributed by atoms with E-state index in [2.05, 4.69) is 5.32 Å². The van der Waals surface area contributed by atoms with Crippen LogP contribution in [0, 0.1) is 11.3 Å². The molecule has 0 bridgehead atoms. The minimum absolute atomic E-state index is 0.0219. The summed E-state index contributed by atoms with van der Waals surface area (Å²) in [6, 6.07) is 14.3. The number of anilines is 1. The van der Waals surface area contributed by atoms with E-state index in [1.54, 1.807) is 24.3 Å². The number of benzene rings is 2. The Morgan fingerprint density at radius 3 is 2.18 bits per heavy atom. The van der Waals surface area contributed by atoms with Crippen LogP contribution in [0.1, 0.15) is 15.9 Å². The molecule has 0 atom stereocenters. The SMILES string of the molecule is N#CCc1ccc(C(=O)Nc2ccc(S(N)(=O)=O)cc2)cc1. The van der Waals surface area contributed by atoms with Crippen LogP contribution in [0.4, 0.5) is 5.69 Å². The number of nitrogens with one attached hydrogen (secondary N) is 1. The van der Waals surface area contributed by atoms with Crippen LogP contribution in [0.15, 0.2) is 53.4 Å². The molecule has 7 heteroatoms. The minimum atomic E-state index is -3.75. The predicted molar refractivity (Wildman–Crippen MR) is 81.5 cm³/mol. The summed E-state index contributed by atoms with van der Waals surface area (Å²) in [5.74, 6) is -0.327. The first-order valence-corrected chi connectivity index (χ1v) is 7.85. The van der Waals surface area contributed by atoms with Gasteiger partial charge in [0.15, 0.2) is 0 Å². The van der Waals surface area contributed by atoms with Crippen LogP contribution in [0.5, 0.6) is 0 Å². The first-order valence-electron chi connectivity index (χ1n) is 6.30. The van der Waals surface area contributed by atoms with Crippen LogP contribution in [0.2, 0.25) is 0 Å². The molecule has 0 saturated heterocycles. The molecule has 0 spiro atoms. The predicted octanol–water partition coefficient (Wildman–Crippen LogP) is 1.65. The molecule has 0 fully saturated rings. The van der Waals surface area contributed by atoms with Crippen LogP contribution in [-0.4, -0.2) is 14.3 Å². The average Bonchev–Trinajstić information content (AvgIpc) is 2.48. The minimum Gasteiger partial charge on any atom is -0.322 e. The number of sulfonamides is 1. The average molecular weight is 315 g/mol. The standard InChI is InChI=1S/C15H13N3O3S/c16-10-9-11-1-3-12(4-2-11)15(19)18-13-5-7-14(8-6-13)22(17,20)21/h1-8H,9H2,(H,18,19)(H2,17,20,21). The monoisotopic (exact) mass is 315 g/mol. The van der Waals surface area contributed by atoms with E-state index in [4.69, 9.17) is 10.4 Å². The Labute approximate surface area is 128 Å². The summed E-state index contributed by atoms with van der Waals surface area (Å²) in [6.45, 7) is 0. The third kappa shape index (κ3) is 3.91. The van der Waals surface area contributed by atoms with E-state index in [0.717, 1.165) is 5.56 Å². The van der Waals surface area contributed by atoms with Gasteiger partial charge in [0.25, 0.3) is 5.91 Å². The Bertz CT molecular complexity index is 820. The van der Waals surface area contributed by atoms with Crippen molar-refractivity contribution in [1.82, 2.24) is 0 Å². The summed E-state index contributed by atoms with van der Waals surface area (Å²) in [5.41, 5.74) is 1.73. The van der Waals surface area contributed by atoms with Crippen molar-refractivity contribution in [1.29, 1.82) is 5.26 Å². The molecule has 112 valence electrons. The number of hydrogen-bond donors (Lipinski definition) is 2. The van der Waals surface area contributed by atoms with Crippen molar-refractivity contribution >= 4 is 21.6 Å². The van der Waals surface area contributed by atoms with Crippen LogP contribution < -0.4 is 10.5 Å². The molecular formula is C15H13N3O3S. The lowest BCUT2D eigenvalue weighted by molar-refractivity contribution is 0.102. The van der Waals surface area contributed by atoms with Gasteiger partial charge in [-0.15, -0.1) is 0 Å². The molecule has 1 amide bonds. The highest BCUT2D eigenvalue weighted by molar-refractivity contribution is 7.89. The van der Waals surface area contributed by atoms with E-state index in [1.807, 2.05) is 6.07 Å². The maximum atomic E-state index is 12.0. The number of nitriles is 1.